The first-order valence-electron chi connectivity index (χ1n) is 7.63. The molecule has 1 aromatic heterocycles. The van der Waals surface area contributed by atoms with Gasteiger partial charge in [0.25, 0.3) is 5.56 Å². The van der Waals surface area contributed by atoms with Crippen LogP contribution in [0.25, 0.3) is 10.8 Å². The zero-order chi connectivity index (χ0) is 16.4. The predicted molar refractivity (Wildman–Crippen MR) is 88.1 cm³/mol. The fourth-order valence-corrected chi connectivity index (χ4v) is 2.94. The van der Waals surface area contributed by atoms with Crippen molar-refractivity contribution in [1.29, 1.82) is 5.26 Å². The number of carbonyl (C=O) groups is 1. The molecule has 23 heavy (non-hydrogen) atoms. The van der Waals surface area contributed by atoms with E-state index in [0.717, 1.165) is 25.9 Å². The minimum atomic E-state index is -0.243. The topological polar surface area (TPSA) is 89.0 Å². The number of benzene rings is 1. The molecule has 0 atom stereocenters. The SMILES string of the molecule is CN1CCC(C(=O)Nc2cc3cc[nH]c(=O)c3cc2C#N)CC1. The first-order valence-corrected chi connectivity index (χ1v) is 7.63. The summed E-state index contributed by atoms with van der Waals surface area (Å²) >= 11 is 0. The number of likely N-dealkylation sites (tertiary alicyclic amines) is 1. The second kappa shape index (κ2) is 6.23. The lowest BCUT2D eigenvalue weighted by Crippen LogP contribution is -2.36. The van der Waals surface area contributed by atoms with Crippen molar-refractivity contribution in [2.75, 3.05) is 25.5 Å². The molecule has 2 heterocycles. The van der Waals surface area contributed by atoms with Crippen molar-refractivity contribution < 1.29 is 4.79 Å². The van der Waals surface area contributed by atoms with Crippen LogP contribution in [0, 0.1) is 17.2 Å². The summed E-state index contributed by atoms with van der Waals surface area (Å²) in [4.78, 5) is 29.0. The van der Waals surface area contributed by atoms with E-state index in [4.69, 9.17) is 0 Å². The van der Waals surface area contributed by atoms with Gasteiger partial charge < -0.3 is 15.2 Å². The quantitative estimate of drug-likeness (QED) is 0.883. The van der Waals surface area contributed by atoms with E-state index in [9.17, 15) is 14.9 Å². The van der Waals surface area contributed by atoms with Crippen molar-refractivity contribution in [3.05, 3.63) is 40.3 Å². The Hall–Kier alpha value is -2.65. The third-order valence-corrected chi connectivity index (χ3v) is 4.38. The second-order valence-electron chi connectivity index (χ2n) is 5.97. The Kier molecular flexibility index (Phi) is 4.13. The number of nitriles is 1. The van der Waals surface area contributed by atoms with Crippen LogP contribution in [0.4, 0.5) is 5.69 Å². The molecule has 3 rings (SSSR count). The van der Waals surface area contributed by atoms with Gasteiger partial charge in [0.2, 0.25) is 5.91 Å². The lowest BCUT2D eigenvalue weighted by molar-refractivity contribution is -0.121. The number of rotatable bonds is 2. The molecular formula is C17H18N4O2. The molecule has 0 saturated carbocycles. The van der Waals surface area contributed by atoms with Gasteiger partial charge in [-0.2, -0.15) is 5.26 Å². The van der Waals surface area contributed by atoms with E-state index < -0.39 is 0 Å². The van der Waals surface area contributed by atoms with Crippen LogP contribution in [0.2, 0.25) is 0 Å². The Bertz CT molecular complexity index is 842. The number of amides is 1. The number of aromatic nitrogens is 1. The highest BCUT2D eigenvalue weighted by atomic mass is 16.2. The first kappa shape index (κ1) is 15.3. The molecule has 1 saturated heterocycles. The van der Waals surface area contributed by atoms with Gasteiger partial charge in [0.15, 0.2) is 0 Å². The molecule has 1 aliphatic heterocycles. The highest BCUT2D eigenvalue weighted by Gasteiger charge is 2.24. The molecular weight excluding hydrogens is 292 g/mol. The van der Waals surface area contributed by atoms with E-state index in [1.54, 1.807) is 18.3 Å². The number of fused-ring (bicyclic) bond motifs is 1. The number of piperidine rings is 1. The maximum Gasteiger partial charge on any atom is 0.255 e. The molecule has 2 aromatic rings. The Morgan fingerprint density at radius 3 is 2.83 bits per heavy atom. The van der Waals surface area contributed by atoms with Gasteiger partial charge in [0.1, 0.15) is 6.07 Å². The van der Waals surface area contributed by atoms with Crippen LogP contribution in [0.15, 0.2) is 29.2 Å². The van der Waals surface area contributed by atoms with Crippen molar-refractivity contribution in [3.8, 4) is 6.07 Å². The summed E-state index contributed by atoms with van der Waals surface area (Å²) < 4.78 is 0. The van der Waals surface area contributed by atoms with Crippen LogP contribution >= 0.6 is 0 Å². The fraction of sp³-hybridized carbons (Fsp3) is 0.353. The van der Waals surface area contributed by atoms with Crippen LogP contribution in [0.1, 0.15) is 18.4 Å². The molecule has 1 aromatic carbocycles. The summed E-state index contributed by atoms with van der Waals surface area (Å²) in [6.07, 6.45) is 3.19. The maximum atomic E-state index is 12.4. The van der Waals surface area contributed by atoms with Crippen LogP contribution < -0.4 is 10.9 Å². The van der Waals surface area contributed by atoms with Crippen molar-refractivity contribution in [2.45, 2.75) is 12.8 Å². The standard InChI is InChI=1S/C17H18N4O2/c1-21-6-3-11(4-7-21)16(22)20-15-9-12-2-5-19-17(23)14(12)8-13(15)10-18/h2,5,8-9,11H,3-4,6-7H2,1H3,(H,19,23)(H,20,22). The molecule has 0 radical (unpaired) electrons. The van der Waals surface area contributed by atoms with Gasteiger partial charge in [-0.1, -0.05) is 0 Å². The van der Waals surface area contributed by atoms with Crippen molar-refractivity contribution >= 4 is 22.4 Å². The molecule has 0 aliphatic carbocycles. The Morgan fingerprint density at radius 2 is 2.13 bits per heavy atom. The van der Waals surface area contributed by atoms with Gasteiger partial charge in [0.05, 0.1) is 11.3 Å². The molecule has 1 aliphatic rings. The monoisotopic (exact) mass is 310 g/mol. The van der Waals surface area contributed by atoms with Crippen molar-refractivity contribution in [3.63, 3.8) is 0 Å². The number of aromatic amines is 1. The minimum absolute atomic E-state index is 0.0346. The summed E-state index contributed by atoms with van der Waals surface area (Å²) in [5, 5.41) is 13.3. The van der Waals surface area contributed by atoms with E-state index in [1.807, 2.05) is 7.05 Å². The molecule has 0 spiro atoms. The van der Waals surface area contributed by atoms with E-state index in [0.29, 0.717) is 22.0 Å². The molecule has 1 amide bonds. The third kappa shape index (κ3) is 3.10. The van der Waals surface area contributed by atoms with Crippen LogP contribution in [0.3, 0.4) is 0 Å². The summed E-state index contributed by atoms with van der Waals surface area (Å²) in [6.45, 7) is 1.80. The van der Waals surface area contributed by atoms with Gasteiger partial charge in [-0.25, -0.2) is 0 Å². The highest BCUT2D eigenvalue weighted by Crippen LogP contribution is 2.24. The van der Waals surface area contributed by atoms with E-state index >= 15 is 0 Å². The minimum Gasteiger partial charge on any atom is -0.329 e. The maximum absolute atomic E-state index is 12.4. The second-order valence-corrected chi connectivity index (χ2v) is 5.97. The van der Waals surface area contributed by atoms with Gasteiger partial charge >= 0.3 is 0 Å². The first-order chi connectivity index (χ1) is 11.1. The molecule has 2 N–H and O–H groups in total. The largest absolute Gasteiger partial charge is 0.329 e. The summed E-state index contributed by atoms with van der Waals surface area (Å²) in [5.74, 6) is -0.0913. The molecule has 0 bridgehead atoms. The number of pyridine rings is 1. The van der Waals surface area contributed by atoms with Crippen LogP contribution in [-0.4, -0.2) is 35.9 Å². The number of anilines is 1. The van der Waals surface area contributed by atoms with E-state index in [2.05, 4.69) is 21.3 Å². The summed E-state index contributed by atoms with van der Waals surface area (Å²) in [7, 11) is 2.04. The van der Waals surface area contributed by atoms with Crippen LogP contribution in [-0.2, 0) is 4.79 Å². The number of carbonyl (C=O) groups excluding carboxylic acids is 1. The number of hydrogen-bond donors (Lipinski definition) is 2. The average Bonchev–Trinajstić information content (AvgIpc) is 2.55. The predicted octanol–water partition coefficient (Wildman–Crippen LogP) is 1.68. The molecule has 6 heteroatoms. The third-order valence-electron chi connectivity index (χ3n) is 4.38. The number of hydrogen-bond acceptors (Lipinski definition) is 4. The van der Waals surface area contributed by atoms with E-state index in [1.165, 1.54) is 6.07 Å². The lowest BCUT2D eigenvalue weighted by atomic mass is 9.96. The molecule has 0 unspecified atom stereocenters. The summed E-state index contributed by atoms with van der Waals surface area (Å²) in [5.41, 5.74) is 0.525. The van der Waals surface area contributed by atoms with Crippen molar-refractivity contribution in [2.24, 2.45) is 5.92 Å². The van der Waals surface area contributed by atoms with Gasteiger partial charge in [-0.3, -0.25) is 9.59 Å². The Balaban J connectivity index is 1.89. The normalized spacial score (nSPS) is 16.2. The van der Waals surface area contributed by atoms with Crippen molar-refractivity contribution in [1.82, 2.24) is 9.88 Å². The summed E-state index contributed by atoms with van der Waals surface area (Å²) in [6, 6.07) is 7.02. The zero-order valence-electron chi connectivity index (χ0n) is 12.9. The number of nitrogens with zero attached hydrogens (tertiary/aromatic N) is 2. The molecule has 6 nitrogen and oxygen atoms in total. The Labute approximate surface area is 133 Å². The molecule has 1 fully saturated rings. The number of nitrogens with one attached hydrogen (secondary N) is 2. The number of H-pyrrole nitrogens is 1. The fourth-order valence-electron chi connectivity index (χ4n) is 2.94. The van der Waals surface area contributed by atoms with Crippen LogP contribution in [0.5, 0.6) is 0 Å². The Morgan fingerprint density at radius 1 is 1.39 bits per heavy atom. The van der Waals surface area contributed by atoms with Gasteiger partial charge in [-0.15, -0.1) is 0 Å². The van der Waals surface area contributed by atoms with Gasteiger partial charge in [-0.05, 0) is 56.6 Å². The average molecular weight is 310 g/mol. The molecule has 118 valence electrons. The highest BCUT2D eigenvalue weighted by molar-refractivity contribution is 5.97. The van der Waals surface area contributed by atoms with Gasteiger partial charge in [0, 0.05) is 17.5 Å². The zero-order valence-corrected chi connectivity index (χ0v) is 12.9. The lowest BCUT2D eigenvalue weighted by Gasteiger charge is -2.28. The van der Waals surface area contributed by atoms with E-state index in [-0.39, 0.29) is 17.4 Å². The smallest absolute Gasteiger partial charge is 0.255 e.